The summed E-state index contributed by atoms with van der Waals surface area (Å²) in [7, 11) is 3.17. The molecule has 0 amide bonds. The average Bonchev–Trinajstić information content (AvgIpc) is 2.69. The van der Waals surface area contributed by atoms with Gasteiger partial charge in [0.1, 0.15) is 11.9 Å². The molecule has 0 spiro atoms. The van der Waals surface area contributed by atoms with Gasteiger partial charge in [-0.2, -0.15) is 0 Å². The lowest BCUT2D eigenvalue weighted by molar-refractivity contribution is -0.0963. The molecule has 0 radical (unpaired) electrons. The predicted octanol–water partition coefficient (Wildman–Crippen LogP) is 2.78. The maximum Gasteiger partial charge on any atom is 0.161 e. The second kappa shape index (κ2) is 8.49. The van der Waals surface area contributed by atoms with Crippen LogP contribution in [0.15, 0.2) is 42.5 Å². The third-order valence-electron chi connectivity index (χ3n) is 4.72. The van der Waals surface area contributed by atoms with Crippen molar-refractivity contribution in [2.75, 3.05) is 34.0 Å². The van der Waals surface area contributed by atoms with Crippen molar-refractivity contribution < 1.29 is 23.7 Å². The number of aliphatic hydroxyl groups is 1. The fraction of sp³-hybridized carbons (Fsp3) is 0.400. The van der Waals surface area contributed by atoms with E-state index in [9.17, 15) is 9.50 Å². The lowest BCUT2D eigenvalue weighted by atomic mass is 9.97. The molecule has 1 aliphatic rings. The van der Waals surface area contributed by atoms with Gasteiger partial charge in [0, 0.05) is 18.7 Å². The molecule has 0 aliphatic carbocycles. The van der Waals surface area contributed by atoms with Crippen molar-refractivity contribution in [1.29, 1.82) is 0 Å². The topological polar surface area (TPSA) is 51.2 Å². The third-order valence-corrected chi connectivity index (χ3v) is 4.72. The van der Waals surface area contributed by atoms with Crippen LogP contribution in [-0.4, -0.2) is 50.1 Å². The Balaban J connectivity index is 1.94. The summed E-state index contributed by atoms with van der Waals surface area (Å²) in [6.45, 7) is 1.45. The first-order valence-electron chi connectivity index (χ1n) is 8.59. The monoisotopic (exact) mass is 361 g/mol. The van der Waals surface area contributed by atoms with Gasteiger partial charge in [0.2, 0.25) is 0 Å². The van der Waals surface area contributed by atoms with Gasteiger partial charge in [-0.1, -0.05) is 24.3 Å². The van der Waals surface area contributed by atoms with Crippen LogP contribution in [0.3, 0.4) is 0 Å². The Hall–Kier alpha value is -2.15. The molecular formula is C20H24FNO4. The zero-order chi connectivity index (χ0) is 18.5. The zero-order valence-corrected chi connectivity index (χ0v) is 15.0. The number of halogens is 1. The second-order valence-electron chi connectivity index (χ2n) is 6.21. The summed E-state index contributed by atoms with van der Waals surface area (Å²) < 4.78 is 30.6. The molecule has 2 aromatic rings. The summed E-state index contributed by atoms with van der Waals surface area (Å²) >= 11 is 0. The van der Waals surface area contributed by atoms with Crippen LogP contribution in [0.2, 0.25) is 0 Å². The minimum atomic E-state index is -0.395. The zero-order valence-electron chi connectivity index (χ0n) is 15.0. The summed E-state index contributed by atoms with van der Waals surface area (Å²) in [5, 5.41) is 9.81. The number of nitrogens with zero attached hydrogens (tertiary/aromatic N) is 1. The van der Waals surface area contributed by atoms with Gasteiger partial charge in [0.15, 0.2) is 11.5 Å². The van der Waals surface area contributed by atoms with Gasteiger partial charge >= 0.3 is 0 Å². The number of hydrogen-bond acceptors (Lipinski definition) is 5. The molecule has 1 N–H and O–H groups in total. The van der Waals surface area contributed by atoms with E-state index in [1.54, 1.807) is 26.4 Å². The van der Waals surface area contributed by atoms with E-state index in [1.807, 2.05) is 24.3 Å². The highest BCUT2D eigenvalue weighted by atomic mass is 19.1. The number of morpholine rings is 1. The molecule has 3 rings (SSSR count). The Labute approximate surface area is 152 Å². The molecule has 0 bridgehead atoms. The van der Waals surface area contributed by atoms with E-state index >= 15 is 0 Å². The molecule has 6 heteroatoms. The Kier molecular flexibility index (Phi) is 6.08. The van der Waals surface area contributed by atoms with Crippen molar-refractivity contribution in [3.05, 3.63) is 59.4 Å². The molecule has 26 heavy (non-hydrogen) atoms. The third kappa shape index (κ3) is 3.82. The molecule has 5 nitrogen and oxygen atoms in total. The van der Waals surface area contributed by atoms with Gasteiger partial charge in [-0.3, -0.25) is 4.90 Å². The average molecular weight is 361 g/mol. The van der Waals surface area contributed by atoms with Crippen molar-refractivity contribution in [3.63, 3.8) is 0 Å². The first-order chi connectivity index (χ1) is 12.7. The van der Waals surface area contributed by atoms with Gasteiger partial charge in [0.05, 0.1) is 33.5 Å². The van der Waals surface area contributed by atoms with Crippen molar-refractivity contribution >= 4 is 0 Å². The van der Waals surface area contributed by atoms with Gasteiger partial charge in [0.25, 0.3) is 0 Å². The van der Waals surface area contributed by atoms with Gasteiger partial charge in [-0.05, 0) is 23.8 Å². The van der Waals surface area contributed by atoms with E-state index < -0.39 is 6.10 Å². The quantitative estimate of drug-likeness (QED) is 0.857. The highest BCUT2D eigenvalue weighted by Crippen LogP contribution is 2.36. The number of rotatable bonds is 6. The molecular weight excluding hydrogens is 337 g/mol. The molecule has 1 aliphatic heterocycles. The Morgan fingerprint density at radius 3 is 2.62 bits per heavy atom. The van der Waals surface area contributed by atoms with Crippen LogP contribution < -0.4 is 9.47 Å². The van der Waals surface area contributed by atoms with Crippen molar-refractivity contribution in [2.24, 2.45) is 0 Å². The molecule has 2 aromatic carbocycles. The number of benzene rings is 2. The highest BCUT2D eigenvalue weighted by Gasteiger charge is 2.34. The maximum atomic E-state index is 14.1. The molecule has 1 heterocycles. The maximum absolute atomic E-state index is 14.1. The first kappa shape index (κ1) is 18.6. The van der Waals surface area contributed by atoms with E-state index in [4.69, 9.17) is 14.2 Å². The number of methoxy groups -OCH3 is 2. The fourth-order valence-corrected chi connectivity index (χ4v) is 3.42. The van der Waals surface area contributed by atoms with Crippen LogP contribution in [0.25, 0.3) is 0 Å². The summed E-state index contributed by atoms with van der Waals surface area (Å²) in [6, 6.07) is 12.2. The Morgan fingerprint density at radius 2 is 1.92 bits per heavy atom. The Bertz CT molecular complexity index is 740. The SMILES string of the molecule is COc1ccc([C@@H]2[C@@H](CO)OCCN2Cc2ccccc2F)cc1OC. The standard InChI is InChI=1S/C20H24FNO4/c1-24-17-8-7-14(11-18(17)25-2)20-19(13-23)26-10-9-22(20)12-15-5-3-4-6-16(15)21/h3-8,11,19-20,23H,9-10,12-13H2,1-2H3/t19-,20-/m1/s1. The van der Waals surface area contributed by atoms with Crippen LogP contribution in [0.5, 0.6) is 11.5 Å². The molecule has 0 aromatic heterocycles. The fourth-order valence-electron chi connectivity index (χ4n) is 3.42. The van der Waals surface area contributed by atoms with Crippen molar-refractivity contribution in [3.8, 4) is 11.5 Å². The van der Waals surface area contributed by atoms with Crippen molar-refractivity contribution in [1.82, 2.24) is 4.90 Å². The summed E-state index contributed by atoms with van der Waals surface area (Å²) in [5.41, 5.74) is 1.55. The number of hydrogen-bond donors (Lipinski definition) is 1. The smallest absolute Gasteiger partial charge is 0.161 e. The van der Waals surface area contributed by atoms with E-state index in [1.165, 1.54) is 6.07 Å². The predicted molar refractivity (Wildman–Crippen MR) is 95.9 cm³/mol. The largest absolute Gasteiger partial charge is 0.493 e. The molecule has 2 atom stereocenters. The number of aliphatic hydroxyl groups excluding tert-OH is 1. The Morgan fingerprint density at radius 1 is 1.15 bits per heavy atom. The molecule has 0 saturated carbocycles. The van der Waals surface area contributed by atoms with Crippen molar-refractivity contribution in [2.45, 2.75) is 18.7 Å². The van der Waals surface area contributed by atoms with Crippen LogP contribution >= 0.6 is 0 Å². The lowest BCUT2D eigenvalue weighted by Gasteiger charge is -2.41. The van der Waals surface area contributed by atoms with E-state index in [2.05, 4.69) is 4.90 Å². The van der Waals surface area contributed by atoms with Crippen LogP contribution in [0, 0.1) is 5.82 Å². The first-order valence-corrected chi connectivity index (χ1v) is 8.59. The van der Waals surface area contributed by atoms with E-state index in [-0.39, 0.29) is 18.5 Å². The van der Waals surface area contributed by atoms with Crippen LogP contribution in [0.1, 0.15) is 17.2 Å². The second-order valence-corrected chi connectivity index (χ2v) is 6.21. The van der Waals surface area contributed by atoms with Crippen LogP contribution in [-0.2, 0) is 11.3 Å². The highest BCUT2D eigenvalue weighted by molar-refractivity contribution is 5.44. The van der Waals surface area contributed by atoms with E-state index in [0.29, 0.717) is 36.8 Å². The van der Waals surface area contributed by atoms with E-state index in [0.717, 1.165) is 5.56 Å². The minimum Gasteiger partial charge on any atom is -0.493 e. The van der Waals surface area contributed by atoms with Gasteiger partial charge < -0.3 is 19.3 Å². The summed E-state index contributed by atoms with van der Waals surface area (Å²) in [6.07, 6.45) is -0.395. The van der Waals surface area contributed by atoms with Gasteiger partial charge in [-0.15, -0.1) is 0 Å². The molecule has 140 valence electrons. The summed E-state index contributed by atoms with van der Waals surface area (Å²) in [5.74, 6) is 1.01. The minimum absolute atomic E-state index is 0.118. The normalized spacial score (nSPS) is 20.8. The molecule has 1 saturated heterocycles. The van der Waals surface area contributed by atoms with Crippen LogP contribution in [0.4, 0.5) is 4.39 Å². The van der Waals surface area contributed by atoms with Gasteiger partial charge in [-0.25, -0.2) is 4.39 Å². The molecule has 1 fully saturated rings. The number of ether oxygens (including phenoxy) is 3. The lowest BCUT2D eigenvalue weighted by Crippen LogP contribution is -2.46. The summed E-state index contributed by atoms with van der Waals surface area (Å²) in [4.78, 5) is 2.13. The molecule has 0 unspecified atom stereocenters.